The Morgan fingerprint density at radius 3 is 2.65 bits per heavy atom. The minimum absolute atomic E-state index is 0.176. The third-order valence-corrected chi connectivity index (χ3v) is 6.10. The molecule has 0 unspecified atom stereocenters. The summed E-state index contributed by atoms with van der Waals surface area (Å²) in [5.41, 5.74) is 3.90. The van der Waals surface area contributed by atoms with E-state index in [2.05, 4.69) is 42.3 Å². The fourth-order valence-electron chi connectivity index (χ4n) is 4.37. The van der Waals surface area contributed by atoms with Crippen molar-refractivity contribution in [2.45, 2.75) is 44.8 Å². The molecule has 8 nitrogen and oxygen atoms in total. The topological polar surface area (TPSA) is 85.3 Å². The van der Waals surface area contributed by atoms with Gasteiger partial charge in [0, 0.05) is 55.0 Å². The summed E-state index contributed by atoms with van der Waals surface area (Å²) in [6.07, 6.45) is 11.2. The van der Waals surface area contributed by atoms with Crippen LogP contribution in [0.4, 0.5) is 11.5 Å². The normalized spacial score (nSPS) is 21.8. The smallest absolute Gasteiger partial charge is 0.149 e. The third-order valence-electron chi connectivity index (χ3n) is 6.10. The maximum atomic E-state index is 6.51. The van der Waals surface area contributed by atoms with Gasteiger partial charge in [0.15, 0.2) is 0 Å². The van der Waals surface area contributed by atoms with E-state index in [1.54, 1.807) is 18.7 Å². The van der Waals surface area contributed by atoms with Crippen LogP contribution in [-0.4, -0.2) is 58.4 Å². The van der Waals surface area contributed by atoms with Gasteiger partial charge in [0.2, 0.25) is 0 Å². The molecule has 5 rings (SSSR count). The minimum Gasteiger partial charge on any atom is -0.488 e. The van der Waals surface area contributed by atoms with E-state index in [0.717, 1.165) is 85.8 Å². The van der Waals surface area contributed by atoms with Gasteiger partial charge in [-0.2, -0.15) is 0 Å². The Hall–Kier alpha value is -3.00. The number of nitrogens with zero attached hydrogens (tertiary/aromatic N) is 5. The molecule has 1 aliphatic carbocycles. The van der Waals surface area contributed by atoms with Gasteiger partial charge in [0.25, 0.3) is 0 Å². The molecule has 1 N–H and O–H groups in total. The predicted molar refractivity (Wildman–Crippen MR) is 120 cm³/mol. The number of morpholine rings is 1. The molecule has 2 fully saturated rings. The zero-order valence-corrected chi connectivity index (χ0v) is 17.8. The Labute approximate surface area is 182 Å². The van der Waals surface area contributed by atoms with Crippen LogP contribution in [0.5, 0.6) is 5.75 Å². The lowest BCUT2D eigenvalue weighted by Crippen LogP contribution is -2.36. The Kier molecular flexibility index (Phi) is 5.80. The quantitative estimate of drug-likeness (QED) is 0.673. The molecule has 1 saturated heterocycles. The number of fused-ring (bicyclic) bond motifs is 1. The highest BCUT2D eigenvalue weighted by atomic mass is 16.5. The second-order valence-electron chi connectivity index (χ2n) is 8.26. The summed E-state index contributed by atoms with van der Waals surface area (Å²) in [6, 6.07) is 4.63. The average molecular weight is 421 g/mol. The van der Waals surface area contributed by atoms with Crippen molar-refractivity contribution in [3.05, 3.63) is 42.6 Å². The standard InChI is InChI=1S/C23H28N6O2/c1-16-14-24-15-27-23(16)28-17-2-4-19(5-3-17)31-21-13-18(29-8-10-30-11-9-29)12-20-22(21)26-7-6-25-20/h6-7,12-15,17,19H,2-5,8-11H2,1H3,(H,24,27,28)/t17-,19+. The number of hydrogen-bond acceptors (Lipinski definition) is 8. The summed E-state index contributed by atoms with van der Waals surface area (Å²) in [6.45, 7) is 5.29. The van der Waals surface area contributed by atoms with Gasteiger partial charge < -0.3 is 19.7 Å². The fraction of sp³-hybridized carbons (Fsp3) is 0.478. The van der Waals surface area contributed by atoms with Gasteiger partial charge in [-0.3, -0.25) is 4.98 Å². The number of rotatable bonds is 5. The Balaban J connectivity index is 1.28. The number of benzene rings is 1. The Bertz CT molecular complexity index is 1030. The molecule has 1 aliphatic heterocycles. The second kappa shape index (κ2) is 9.01. The van der Waals surface area contributed by atoms with Crippen molar-refractivity contribution >= 4 is 22.5 Å². The number of aryl methyl sites for hydroxylation is 1. The first-order chi connectivity index (χ1) is 15.3. The van der Waals surface area contributed by atoms with Crippen LogP contribution in [0.25, 0.3) is 11.0 Å². The lowest BCUT2D eigenvalue weighted by Gasteiger charge is -2.31. The summed E-state index contributed by atoms with van der Waals surface area (Å²) in [5.74, 6) is 1.76. The summed E-state index contributed by atoms with van der Waals surface area (Å²) in [5, 5.41) is 3.57. The predicted octanol–water partition coefficient (Wildman–Crippen LogP) is 3.37. The van der Waals surface area contributed by atoms with Gasteiger partial charge in [-0.15, -0.1) is 0 Å². The molecule has 0 amide bonds. The van der Waals surface area contributed by atoms with Gasteiger partial charge in [0.05, 0.1) is 24.8 Å². The van der Waals surface area contributed by atoms with Crippen molar-refractivity contribution in [1.29, 1.82) is 0 Å². The number of aromatic nitrogens is 4. The van der Waals surface area contributed by atoms with Gasteiger partial charge in [-0.1, -0.05) is 0 Å². The number of ether oxygens (including phenoxy) is 2. The van der Waals surface area contributed by atoms with Gasteiger partial charge >= 0.3 is 0 Å². The monoisotopic (exact) mass is 420 g/mol. The first-order valence-electron chi connectivity index (χ1n) is 11.0. The van der Waals surface area contributed by atoms with Gasteiger partial charge in [-0.05, 0) is 38.7 Å². The van der Waals surface area contributed by atoms with Crippen LogP contribution < -0.4 is 15.0 Å². The van der Waals surface area contributed by atoms with Crippen molar-refractivity contribution < 1.29 is 9.47 Å². The fourth-order valence-corrected chi connectivity index (χ4v) is 4.37. The first-order valence-corrected chi connectivity index (χ1v) is 11.0. The van der Waals surface area contributed by atoms with E-state index in [1.165, 1.54) is 0 Å². The van der Waals surface area contributed by atoms with Crippen LogP contribution in [0, 0.1) is 6.92 Å². The van der Waals surface area contributed by atoms with E-state index >= 15 is 0 Å². The zero-order chi connectivity index (χ0) is 21.0. The Morgan fingerprint density at radius 2 is 1.84 bits per heavy atom. The summed E-state index contributed by atoms with van der Waals surface area (Å²) < 4.78 is 12.0. The van der Waals surface area contributed by atoms with Gasteiger partial charge in [0.1, 0.15) is 23.4 Å². The maximum Gasteiger partial charge on any atom is 0.149 e. The molecule has 0 bridgehead atoms. The van der Waals surface area contributed by atoms with Crippen LogP contribution in [-0.2, 0) is 4.74 Å². The highest BCUT2D eigenvalue weighted by Crippen LogP contribution is 2.33. The molecule has 1 aromatic carbocycles. The number of hydrogen-bond donors (Lipinski definition) is 1. The number of nitrogens with one attached hydrogen (secondary N) is 1. The molecule has 1 saturated carbocycles. The SMILES string of the molecule is Cc1cncnc1N[C@H]1CC[C@@H](Oc2cc(N3CCOCC3)cc3nccnc23)CC1. The van der Waals surface area contributed by atoms with Crippen LogP contribution >= 0.6 is 0 Å². The molecule has 3 heterocycles. The molecule has 2 aliphatic rings. The summed E-state index contributed by atoms with van der Waals surface area (Å²) in [4.78, 5) is 19.9. The molecular weight excluding hydrogens is 392 g/mol. The zero-order valence-electron chi connectivity index (χ0n) is 17.8. The summed E-state index contributed by atoms with van der Waals surface area (Å²) >= 11 is 0. The van der Waals surface area contributed by atoms with Gasteiger partial charge in [-0.25, -0.2) is 15.0 Å². The highest BCUT2D eigenvalue weighted by Gasteiger charge is 2.24. The highest BCUT2D eigenvalue weighted by molar-refractivity contribution is 5.85. The second-order valence-corrected chi connectivity index (χ2v) is 8.26. The Morgan fingerprint density at radius 1 is 1.03 bits per heavy atom. The van der Waals surface area contributed by atoms with E-state index in [1.807, 2.05) is 13.1 Å². The lowest BCUT2D eigenvalue weighted by atomic mass is 9.92. The molecule has 3 aromatic rings. The van der Waals surface area contributed by atoms with E-state index in [4.69, 9.17) is 9.47 Å². The van der Waals surface area contributed by atoms with E-state index in [-0.39, 0.29) is 6.10 Å². The van der Waals surface area contributed by atoms with Crippen molar-refractivity contribution in [1.82, 2.24) is 19.9 Å². The molecule has 0 spiro atoms. The van der Waals surface area contributed by atoms with Crippen molar-refractivity contribution in [3.8, 4) is 5.75 Å². The first kappa shape index (κ1) is 19.9. The van der Waals surface area contributed by atoms with Crippen LogP contribution in [0.1, 0.15) is 31.2 Å². The third kappa shape index (κ3) is 4.54. The van der Waals surface area contributed by atoms with E-state index in [9.17, 15) is 0 Å². The molecule has 8 heteroatoms. The van der Waals surface area contributed by atoms with Crippen molar-refractivity contribution in [3.63, 3.8) is 0 Å². The molecule has 2 aromatic heterocycles. The van der Waals surface area contributed by atoms with Crippen molar-refractivity contribution in [2.75, 3.05) is 36.5 Å². The molecule has 162 valence electrons. The minimum atomic E-state index is 0.176. The molecule has 31 heavy (non-hydrogen) atoms. The molecule has 0 radical (unpaired) electrons. The maximum absolute atomic E-state index is 6.51. The molecular formula is C23H28N6O2. The van der Waals surface area contributed by atoms with Crippen LogP contribution in [0.15, 0.2) is 37.1 Å². The molecule has 0 atom stereocenters. The average Bonchev–Trinajstić information content (AvgIpc) is 2.82. The largest absolute Gasteiger partial charge is 0.488 e. The number of anilines is 2. The van der Waals surface area contributed by atoms with E-state index in [0.29, 0.717) is 6.04 Å². The summed E-state index contributed by atoms with van der Waals surface area (Å²) in [7, 11) is 0. The lowest BCUT2D eigenvalue weighted by molar-refractivity contribution is 0.122. The van der Waals surface area contributed by atoms with Crippen LogP contribution in [0.3, 0.4) is 0 Å². The van der Waals surface area contributed by atoms with Crippen LogP contribution in [0.2, 0.25) is 0 Å². The van der Waals surface area contributed by atoms with Crippen molar-refractivity contribution in [2.24, 2.45) is 0 Å². The van der Waals surface area contributed by atoms with E-state index < -0.39 is 0 Å².